The molecule has 1 fully saturated rings. The summed E-state index contributed by atoms with van der Waals surface area (Å²) in [7, 11) is 1.29. The van der Waals surface area contributed by atoms with Crippen LogP contribution in [0.4, 0.5) is 5.69 Å². The predicted octanol–water partition coefficient (Wildman–Crippen LogP) is 1.77. The average molecular weight is 291 g/mol. The highest BCUT2D eigenvalue weighted by Crippen LogP contribution is 2.58. The van der Waals surface area contributed by atoms with Crippen molar-refractivity contribution in [3.05, 3.63) is 29.8 Å². The number of esters is 1. The lowest BCUT2D eigenvalue weighted by Gasteiger charge is -2.06. The second kappa shape index (κ2) is 5.20. The third kappa shape index (κ3) is 2.74. The Bertz CT molecular complexity index is 591. The molecule has 21 heavy (non-hydrogen) atoms. The molecule has 112 valence electrons. The minimum absolute atomic E-state index is 0.321. The fraction of sp³-hybridized carbons (Fsp3) is 0.400. The van der Waals surface area contributed by atoms with Crippen molar-refractivity contribution in [2.24, 2.45) is 17.3 Å². The number of carbonyl (C=O) groups is 3. The smallest absolute Gasteiger partial charge is 0.337 e. The number of aliphatic carboxylic acids is 1. The van der Waals surface area contributed by atoms with Crippen LogP contribution < -0.4 is 5.32 Å². The first-order chi connectivity index (χ1) is 9.78. The van der Waals surface area contributed by atoms with E-state index in [4.69, 9.17) is 5.11 Å². The summed E-state index contributed by atoms with van der Waals surface area (Å²) in [4.78, 5) is 34.5. The van der Waals surface area contributed by atoms with E-state index in [1.807, 2.05) is 0 Å². The molecule has 1 aliphatic carbocycles. The van der Waals surface area contributed by atoms with Gasteiger partial charge in [0.05, 0.1) is 24.5 Å². The van der Waals surface area contributed by atoms with Crippen LogP contribution in [-0.2, 0) is 14.3 Å². The number of amides is 1. The normalized spacial score (nSPS) is 22.2. The SMILES string of the molecule is COC(=O)c1ccc(NC(=O)[C@H]2[C@@H](C(=O)O)C2(C)C)cc1. The van der Waals surface area contributed by atoms with Gasteiger partial charge in [0.2, 0.25) is 5.91 Å². The van der Waals surface area contributed by atoms with Crippen LogP contribution in [0.25, 0.3) is 0 Å². The maximum absolute atomic E-state index is 12.1. The number of hydrogen-bond acceptors (Lipinski definition) is 4. The first kappa shape index (κ1) is 15.0. The molecular formula is C15H17NO5. The number of rotatable bonds is 4. The number of benzene rings is 1. The number of methoxy groups -OCH3 is 1. The van der Waals surface area contributed by atoms with Crippen molar-refractivity contribution < 1.29 is 24.2 Å². The van der Waals surface area contributed by atoms with Crippen LogP contribution in [0, 0.1) is 17.3 Å². The fourth-order valence-electron chi connectivity index (χ4n) is 2.62. The van der Waals surface area contributed by atoms with E-state index in [0.29, 0.717) is 11.3 Å². The van der Waals surface area contributed by atoms with Gasteiger partial charge in [0, 0.05) is 5.69 Å². The van der Waals surface area contributed by atoms with Gasteiger partial charge in [-0.25, -0.2) is 4.79 Å². The molecule has 0 spiro atoms. The van der Waals surface area contributed by atoms with E-state index in [1.54, 1.807) is 26.0 Å². The third-order valence-electron chi connectivity index (χ3n) is 3.95. The van der Waals surface area contributed by atoms with Crippen LogP contribution in [0.15, 0.2) is 24.3 Å². The Morgan fingerprint density at radius 3 is 2.14 bits per heavy atom. The van der Waals surface area contributed by atoms with Crippen molar-refractivity contribution in [2.45, 2.75) is 13.8 Å². The molecule has 1 aromatic carbocycles. The van der Waals surface area contributed by atoms with Crippen molar-refractivity contribution in [3.63, 3.8) is 0 Å². The van der Waals surface area contributed by atoms with Gasteiger partial charge in [-0.15, -0.1) is 0 Å². The third-order valence-corrected chi connectivity index (χ3v) is 3.95. The summed E-state index contributed by atoms with van der Waals surface area (Å²) in [6.45, 7) is 3.52. The van der Waals surface area contributed by atoms with Gasteiger partial charge < -0.3 is 15.2 Å². The Labute approximate surface area is 122 Å². The Morgan fingerprint density at radius 2 is 1.71 bits per heavy atom. The highest BCUT2D eigenvalue weighted by molar-refractivity contribution is 6.00. The van der Waals surface area contributed by atoms with Gasteiger partial charge in [0.15, 0.2) is 0 Å². The molecule has 6 nitrogen and oxygen atoms in total. The summed E-state index contributed by atoms with van der Waals surface area (Å²) in [6.07, 6.45) is 0. The topological polar surface area (TPSA) is 92.7 Å². The zero-order chi connectivity index (χ0) is 15.8. The Hall–Kier alpha value is -2.37. The summed E-state index contributed by atoms with van der Waals surface area (Å²) >= 11 is 0. The van der Waals surface area contributed by atoms with Crippen LogP contribution in [-0.4, -0.2) is 30.1 Å². The summed E-state index contributed by atoms with van der Waals surface area (Å²) in [5.74, 6) is -2.94. The Balaban J connectivity index is 2.04. The summed E-state index contributed by atoms with van der Waals surface area (Å²) in [6, 6.07) is 6.23. The molecule has 2 N–H and O–H groups in total. The molecule has 0 bridgehead atoms. The molecule has 0 saturated heterocycles. The van der Waals surface area contributed by atoms with Gasteiger partial charge in [-0.05, 0) is 29.7 Å². The monoisotopic (exact) mass is 291 g/mol. The number of hydrogen-bond donors (Lipinski definition) is 2. The summed E-state index contributed by atoms with van der Waals surface area (Å²) in [5.41, 5.74) is 0.354. The summed E-state index contributed by atoms with van der Waals surface area (Å²) in [5, 5.41) is 11.7. The highest BCUT2D eigenvalue weighted by Gasteiger charge is 2.65. The van der Waals surface area contributed by atoms with Gasteiger partial charge in [-0.2, -0.15) is 0 Å². The van der Waals surface area contributed by atoms with Crippen molar-refractivity contribution in [1.29, 1.82) is 0 Å². The second-order valence-electron chi connectivity index (χ2n) is 5.67. The van der Waals surface area contributed by atoms with Crippen LogP contribution in [0.1, 0.15) is 24.2 Å². The quantitative estimate of drug-likeness (QED) is 0.825. The van der Waals surface area contributed by atoms with E-state index in [2.05, 4.69) is 10.1 Å². The largest absolute Gasteiger partial charge is 0.481 e. The number of ether oxygens (including phenoxy) is 1. The predicted molar refractivity (Wildman–Crippen MR) is 74.8 cm³/mol. The van der Waals surface area contributed by atoms with E-state index in [1.165, 1.54) is 19.2 Å². The van der Waals surface area contributed by atoms with Crippen LogP contribution >= 0.6 is 0 Å². The lowest BCUT2D eigenvalue weighted by molar-refractivity contribution is -0.140. The minimum Gasteiger partial charge on any atom is -0.481 e. The molecule has 2 atom stereocenters. The van der Waals surface area contributed by atoms with Gasteiger partial charge in [-0.1, -0.05) is 13.8 Å². The molecule has 0 aromatic heterocycles. The molecule has 0 radical (unpaired) electrons. The first-order valence-corrected chi connectivity index (χ1v) is 6.51. The summed E-state index contributed by atoms with van der Waals surface area (Å²) < 4.78 is 4.58. The average Bonchev–Trinajstić information content (AvgIpc) is 3.02. The van der Waals surface area contributed by atoms with E-state index in [0.717, 1.165) is 0 Å². The van der Waals surface area contributed by atoms with Crippen molar-refractivity contribution in [3.8, 4) is 0 Å². The van der Waals surface area contributed by atoms with Crippen molar-refractivity contribution in [2.75, 3.05) is 12.4 Å². The number of anilines is 1. The maximum atomic E-state index is 12.1. The molecule has 0 aliphatic heterocycles. The van der Waals surface area contributed by atoms with E-state index in [9.17, 15) is 14.4 Å². The molecular weight excluding hydrogens is 274 g/mol. The molecule has 0 heterocycles. The Morgan fingerprint density at radius 1 is 1.14 bits per heavy atom. The van der Waals surface area contributed by atoms with Crippen LogP contribution in [0.3, 0.4) is 0 Å². The van der Waals surface area contributed by atoms with Gasteiger partial charge in [0.1, 0.15) is 0 Å². The standard InChI is InChI=1S/C15H17NO5/c1-15(2)10(11(15)13(18)19)12(17)16-9-6-4-8(5-7-9)14(20)21-3/h4-7,10-11H,1-3H3,(H,16,17)(H,18,19)/t10-,11+/m1/s1. The van der Waals surface area contributed by atoms with Crippen LogP contribution in [0.5, 0.6) is 0 Å². The van der Waals surface area contributed by atoms with E-state index < -0.39 is 29.2 Å². The molecule has 0 unspecified atom stereocenters. The number of carbonyl (C=O) groups excluding carboxylic acids is 2. The highest BCUT2D eigenvalue weighted by atomic mass is 16.5. The molecule has 1 saturated carbocycles. The lowest BCUT2D eigenvalue weighted by Crippen LogP contribution is -2.17. The lowest BCUT2D eigenvalue weighted by atomic mass is 10.1. The van der Waals surface area contributed by atoms with Crippen LogP contribution in [0.2, 0.25) is 0 Å². The van der Waals surface area contributed by atoms with Gasteiger partial charge >= 0.3 is 11.9 Å². The maximum Gasteiger partial charge on any atom is 0.337 e. The molecule has 1 aliphatic rings. The zero-order valence-corrected chi connectivity index (χ0v) is 12.0. The first-order valence-electron chi connectivity index (χ1n) is 6.51. The van der Waals surface area contributed by atoms with Gasteiger partial charge in [-0.3, -0.25) is 9.59 Å². The van der Waals surface area contributed by atoms with E-state index in [-0.39, 0.29) is 5.91 Å². The molecule has 1 amide bonds. The van der Waals surface area contributed by atoms with E-state index >= 15 is 0 Å². The van der Waals surface area contributed by atoms with Gasteiger partial charge in [0.25, 0.3) is 0 Å². The second-order valence-corrected chi connectivity index (χ2v) is 5.67. The molecule has 6 heteroatoms. The molecule has 2 rings (SSSR count). The number of carboxylic acids is 1. The molecule has 1 aromatic rings. The zero-order valence-electron chi connectivity index (χ0n) is 12.0. The van der Waals surface area contributed by atoms with Crippen molar-refractivity contribution in [1.82, 2.24) is 0 Å². The minimum atomic E-state index is -0.957. The fourth-order valence-corrected chi connectivity index (χ4v) is 2.62. The number of nitrogens with one attached hydrogen (secondary N) is 1. The Kier molecular flexibility index (Phi) is 3.72. The van der Waals surface area contributed by atoms with Crippen molar-refractivity contribution >= 4 is 23.5 Å². The number of carboxylic acid groups (broad SMARTS) is 1.